The first-order chi connectivity index (χ1) is 10.1. The number of carbonyl (C=O) groups excluding carboxylic acids is 2. The Bertz CT molecular complexity index is 508. The number of carbonyl (C=O) groups is 2. The summed E-state index contributed by atoms with van der Waals surface area (Å²) in [7, 11) is 0. The van der Waals surface area contributed by atoms with Crippen molar-refractivity contribution in [3.63, 3.8) is 0 Å². The van der Waals surface area contributed by atoms with Crippen molar-refractivity contribution >= 4 is 17.6 Å². The van der Waals surface area contributed by atoms with Gasteiger partial charge in [0.15, 0.2) is 0 Å². The molecular weight excluding hydrogens is 268 g/mol. The summed E-state index contributed by atoms with van der Waals surface area (Å²) < 4.78 is 5.07. The van der Waals surface area contributed by atoms with Crippen LogP contribution in [0.3, 0.4) is 0 Å². The van der Waals surface area contributed by atoms with E-state index in [1.807, 2.05) is 29.2 Å². The molecule has 114 valence electrons. The average Bonchev–Trinajstić information content (AvgIpc) is 2.47. The summed E-state index contributed by atoms with van der Waals surface area (Å²) in [5, 5.41) is 3.50. The molecule has 1 aliphatic heterocycles. The molecule has 1 heterocycles. The van der Waals surface area contributed by atoms with Crippen LogP contribution in [0.2, 0.25) is 0 Å². The van der Waals surface area contributed by atoms with E-state index in [1.54, 1.807) is 6.92 Å². The number of para-hydroxylation sites is 1. The Morgan fingerprint density at radius 1 is 1.24 bits per heavy atom. The number of likely N-dealkylation sites (tertiary alicyclic amines) is 1. The van der Waals surface area contributed by atoms with E-state index in [-0.39, 0.29) is 18.5 Å². The third-order valence-corrected chi connectivity index (χ3v) is 3.75. The molecule has 0 aromatic heterocycles. The van der Waals surface area contributed by atoms with Crippen LogP contribution >= 0.6 is 0 Å². The number of amides is 1. The minimum Gasteiger partial charge on any atom is -0.461 e. The van der Waals surface area contributed by atoms with Gasteiger partial charge in [-0.15, -0.1) is 0 Å². The molecule has 0 saturated carbocycles. The number of rotatable bonds is 4. The van der Waals surface area contributed by atoms with Crippen molar-refractivity contribution < 1.29 is 14.3 Å². The van der Waals surface area contributed by atoms with Crippen molar-refractivity contribution in [1.29, 1.82) is 0 Å². The van der Waals surface area contributed by atoms with Crippen LogP contribution < -0.4 is 5.32 Å². The first kappa shape index (κ1) is 15.4. The molecule has 1 saturated heterocycles. The van der Waals surface area contributed by atoms with E-state index < -0.39 is 0 Å². The van der Waals surface area contributed by atoms with E-state index in [9.17, 15) is 9.59 Å². The van der Waals surface area contributed by atoms with Gasteiger partial charge in [-0.05, 0) is 18.9 Å². The number of hydrogen-bond donors (Lipinski definition) is 1. The molecule has 0 atom stereocenters. The summed E-state index contributed by atoms with van der Waals surface area (Å²) in [5.41, 5.74) is 1.97. The van der Waals surface area contributed by atoms with Gasteiger partial charge in [0.25, 0.3) is 0 Å². The third kappa shape index (κ3) is 4.48. The maximum Gasteiger partial charge on any atom is 0.302 e. The van der Waals surface area contributed by atoms with Crippen LogP contribution in [-0.2, 0) is 20.9 Å². The molecule has 1 aliphatic rings. The predicted octanol–water partition coefficient (Wildman–Crippen LogP) is 2.17. The van der Waals surface area contributed by atoms with Gasteiger partial charge in [-0.25, -0.2) is 0 Å². The van der Waals surface area contributed by atoms with Crippen molar-refractivity contribution in [3.8, 4) is 0 Å². The van der Waals surface area contributed by atoms with E-state index in [0.717, 1.165) is 37.2 Å². The summed E-state index contributed by atoms with van der Waals surface area (Å²) in [4.78, 5) is 24.1. The van der Waals surface area contributed by atoms with Crippen LogP contribution in [0.25, 0.3) is 0 Å². The second-order valence-corrected chi connectivity index (χ2v) is 5.36. The van der Waals surface area contributed by atoms with Crippen molar-refractivity contribution in [2.24, 2.45) is 0 Å². The molecule has 0 spiro atoms. The quantitative estimate of drug-likeness (QED) is 0.863. The number of benzene rings is 1. The number of piperidine rings is 1. The summed E-state index contributed by atoms with van der Waals surface area (Å²) in [6, 6.07) is 8.19. The SMILES string of the molecule is CC(=O)OCc1ccccc1NC1CCN(C(C)=O)CC1. The van der Waals surface area contributed by atoms with Gasteiger partial charge in [-0.3, -0.25) is 9.59 Å². The van der Waals surface area contributed by atoms with Crippen molar-refractivity contribution in [2.45, 2.75) is 39.3 Å². The van der Waals surface area contributed by atoms with E-state index in [0.29, 0.717) is 6.04 Å². The largest absolute Gasteiger partial charge is 0.461 e. The van der Waals surface area contributed by atoms with Gasteiger partial charge in [0.2, 0.25) is 5.91 Å². The number of nitrogens with zero attached hydrogens (tertiary/aromatic N) is 1. The topological polar surface area (TPSA) is 58.6 Å². The molecule has 5 nitrogen and oxygen atoms in total. The fraction of sp³-hybridized carbons (Fsp3) is 0.500. The van der Waals surface area contributed by atoms with E-state index in [1.165, 1.54) is 6.92 Å². The third-order valence-electron chi connectivity index (χ3n) is 3.75. The molecular formula is C16H22N2O3. The lowest BCUT2D eigenvalue weighted by Crippen LogP contribution is -2.41. The molecule has 1 aromatic carbocycles. The zero-order valence-electron chi connectivity index (χ0n) is 12.6. The molecule has 2 rings (SSSR count). The molecule has 0 bridgehead atoms. The summed E-state index contributed by atoms with van der Waals surface area (Å²) in [5.74, 6) is -0.136. The van der Waals surface area contributed by atoms with E-state index in [4.69, 9.17) is 4.74 Å². The number of anilines is 1. The molecule has 5 heteroatoms. The molecule has 0 aliphatic carbocycles. The smallest absolute Gasteiger partial charge is 0.302 e. The molecule has 1 N–H and O–H groups in total. The maximum absolute atomic E-state index is 11.3. The van der Waals surface area contributed by atoms with Gasteiger partial charge in [0, 0.05) is 44.2 Å². The van der Waals surface area contributed by atoms with Gasteiger partial charge < -0.3 is 15.0 Å². The monoisotopic (exact) mass is 290 g/mol. The Labute approximate surface area is 125 Å². The second kappa shape index (κ2) is 7.11. The number of esters is 1. The fourth-order valence-corrected chi connectivity index (χ4v) is 2.52. The maximum atomic E-state index is 11.3. The summed E-state index contributed by atoms with van der Waals surface area (Å²) in [6.45, 7) is 4.89. The Hall–Kier alpha value is -2.04. The average molecular weight is 290 g/mol. The molecule has 1 amide bonds. The molecule has 0 unspecified atom stereocenters. The number of hydrogen-bond acceptors (Lipinski definition) is 4. The van der Waals surface area contributed by atoms with Gasteiger partial charge in [-0.1, -0.05) is 18.2 Å². The molecule has 1 fully saturated rings. The number of ether oxygens (including phenoxy) is 1. The lowest BCUT2D eigenvalue weighted by Gasteiger charge is -2.32. The standard InChI is InChI=1S/C16H22N2O3/c1-12(19)18-9-7-15(8-10-18)17-16-6-4-3-5-14(16)11-21-13(2)20/h3-6,15,17H,7-11H2,1-2H3. The Morgan fingerprint density at radius 3 is 2.52 bits per heavy atom. The summed E-state index contributed by atoms with van der Waals surface area (Å²) in [6.07, 6.45) is 1.86. The fourth-order valence-electron chi connectivity index (χ4n) is 2.52. The van der Waals surface area contributed by atoms with Crippen molar-refractivity contribution in [1.82, 2.24) is 4.90 Å². The van der Waals surface area contributed by atoms with Crippen LogP contribution in [-0.4, -0.2) is 35.9 Å². The molecule has 0 radical (unpaired) electrons. The van der Waals surface area contributed by atoms with Gasteiger partial charge in [0.1, 0.15) is 6.61 Å². The first-order valence-corrected chi connectivity index (χ1v) is 7.29. The highest BCUT2D eigenvalue weighted by molar-refractivity contribution is 5.73. The van der Waals surface area contributed by atoms with Gasteiger partial charge in [0.05, 0.1) is 0 Å². The second-order valence-electron chi connectivity index (χ2n) is 5.36. The zero-order valence-corrected chi connectivity index (χ0v) is 12.6. The van der Waals surface area contributed by atoms with Gasteiger partial charge >= 0.3 is 5.97 Å². The lowest BCUT2D eigenvalue weighted by molar-refractivity contribution is -0.142. The minimum absolute atomic E-state index is 0.142. The van der Waals surface area contributed by atoms with Crippen molar-refractivity contribution in [3.05, 3.63) is 29.8 Å². The van der Waals surface area contributed by atoms with Crippen LogP contribution in [0.1, 0.15) is 32.3 Å². The van der Waals surface area contributed by atoms with Crippen LogP contribution in [0.5, 0.6) is 0 Å². The minimum atomic E-state index is -0.278. The highest BCUT2D eigenvalue weighted by Crippen LogP contribution is 2.21. The van der Waals surface area contributed by atoms with Crippen LogP contribution in [0.4, 0.5) is 5.69 Å². The van der Waals surface area contributed by atoms with E-state index in [2.05, 4.69) is 5.32 Å². The predicted molar refractivity (Wildman–Crippen MR) is 80.8 cm³/mol. The Morgan fingerprint density at radius 2 is 1.90 bits per heavy atom. The Balaban J connectivity index is 1.94. The lowest BCUT2D eigenvalue weighted by atomic mass is 10.0. The van der Waals surface area contributed by atoms with Crippen LogP contribution in [0.15, 0.2) is 24.3 Å². The molecule has 21 heavy (non-hydrogen) atoms. The van der Waals surface area contributed by atoms with E-state index >= 15 is 0 Å². The van der Waals surface area contributed by atoms with Gasteiger partial charge in [-0.2, -0.15) is 0 Å². The molecule has 1 aromatic rings. The first-order valence-electron chi connectivity index (χ1n) is 7.29. The van der Waals surface area contributed by atoms with Crippen molar-refractivity contribution in [2.75, 3.05) is 18.4 Å². The Kier molecular flexibility index (Phi) is 5.20. The number of nitrogens with one attached hydrogen (secondary N) is 1. The highest BCUT2D eigenvalue weighted by atomic mass is 16.5. The highest BCUT2D eigenvalue weighted by Gasteiger charge is 2.21. The zero-order chi connectivity index (χ0) is 15.2. The van der Waals surface area contributed by atoms with Crippen LogP contribution in [0, 0.1) is 0 Å². The normalized spacial score (nSPS) is 15.6. The summed E-state index contributed by atoms with van der Waals surface area (Å²) >= 11 is 0.